The zero-order chi connectivity index (χ0) is 27.2. The summed E-state index contributed by atoms with van der Waals surface area (Å²) in [4.78, 5) is 0. The number of hydrogen-bond acceptors (Lipinski definition) is 0. The van der Waals surface area contributed by atoms with Crippen molar-refractivity contribution in [3.8, 4) is 0 Å². The van der Waals surface area contributed by atoms with Crippen molar-refractivity contribution in [1.29, 1.82) is 0 Å². The first kappa shape index (κ1) is 47.6. The molecule has 0 unspecified atom stereocenters. The van der Waals surface area contributed by atoms with Gasteiger partial charge in [0.15, 0.2) is 0 Å². The molecule has 0 saturated heterocycles. The van der Waals surface area contributed by atoms with Gasteiger partial charge in [-0.15, -0.1) is 0 Å². The minimum atomic E-state index is 0. The minimum Gasteiger partial charge on any atom is -1.00 e. The predicted molar refractivity (Wildman–Crippen MR) is 168 cm³/mol. The first-order chi connectivity index (χ1) is 18.8. The largest absolute Gasteiger partial charge is 4.00 e. The van der Waals surface area contributed by atoms with Gasteiger partial charge in [-0.25, -0.2) is 72.8 Å². The third kappa shape index (κ3) is 36.7. The number of aryl methyl sites for hydroxylation is 2. The Morgan fingerprint density at radius 2 is 0.405 bits per heavy atom. The van der Waals surface area contributed by atoms with Gasteiger partial charge in [-0.05, 0) is 13.8 Å². The van der Waals surface area contributed by atoms with Crippen LogP contribution >= 0.6 is 0 Å². The summed E-state index contributed by atoms with van der Waals surface area (Å²) in [6, 6.07) is 68.5. The molecule has 0 radical (unpaired) electrons. The Bertz CT molecular complexity index is 856. The predicted octanol–water partition coefficient (Wildman–Crippen LogP) is 4.74. The molecular formula is C38H40Ce2Cl2. The normalized spacial score (nSPS) is 7.48. The van der Waals surface area contributed by atoms with Crippen LogP contribution in [0.5, 0.6) is 0 Å². The van der Waals surface area contributed by atoms with Crippen LogP contribution < -0.4 is 24.8 Å². The Morgan fingerprint density at radius 1 is 0.286 bits per heavy atom. The van der Waals surface area contributed by atoms with Gasteiger partial charge in [0.05, 0.1) is 0 Å². The summed E-state index contributed by atoms with van der Waals surface area (Å²) in [5, 5.41) is 0. The van der Waals surface area contributed by atoms with Crippen molar-refractivity contribution in [2.75, 3.05) is 0 Å². The Kier molecular flexibility index (Phi) is 44.9. The zero-order valence-electron chi connectivity index (χ0n) is 24.4. The van der Waals surface area contributed by atoms with Crippen molar-refractivity contribution in [3.05, 3.63) is 217 Å². The summed E-state index contributed by atoms with van der Waals surface area (Å²) in [7, 11) is 0. The molecular weight excluding hydrogens is 808 g/mol. The standard InChI is InChI=1S/C8H10.6C5H5.2Ce.2ClH/c1-7-3-5-8(2)6-4-7;6*1-2-4-5-3-1;;;;/h3-6H,1-2H3;6*1-5H;;;2*1H/q;6*-1;2*+4;;/p-2. The molecule has 0 aliphatic heterocycles. The van der Waals surface area contributed by atoms with E-state index in [9.17, 15) is 0 Å². The molecule has 0 fully saturated rings. The smallest absolute Gasteiger partial charge is 1.00 e. The fraction of sp³-hybridized carbons (Fsp3) is 0.0526. The van der Waals surface area contributed by atoms with E-state index in [-0.39, 0.29) is 108 Å². The summed E-state index contributed by atoms with van der Waals surface area (Å²) in [6.45, 7) is 4.19. The SMILES string of the molecule is Cc1ccc(C)cc1.[Ce+4].[Ce+4].[Cl-].[Cl-].c1cc[cH-]c1.c1cc[cH-]c1.c1cc[cH-]c1.c1cc[cH-]c1.c1cc[cH-]c1.c1cc[cH-]c1. The zero-order valence-corrected chi connectivity index (χ0v) is 32.2. The van der Waals surface area contributed by atoms with Crippen LogP contribution in [0.1, 0.15) is 11.1 Å². The van der Waals surface area contributed by atoms with Crippen LogP contribution in [0.4, 0.5) is 0 Å². The summed E-state index contributed by atoms with van der Waals surface area (Å²) in [5.41, 5.74) is 2.66. The Morgan fingerprint density at radius 3 is 0.476 bits per heavy atom. The van der Waals surface area contributed by atoms with E-state index in [1.54, 1.807) is 0 Å². The Balaban J connectivity index is -0.000000199. The minimum absolute atomic E-state index is 0. The van der Waals surface area contributed by atoms with Gasteiger partial charge in [0.2, 0.25) is 0 Å². The molecule has 42 heavy (non-hydrogen) atoms. The second-order valence-corrected chi connectivity index (χ2v) is 7.93. The van der Waals surface area contributed by atoms with E-state index in [0.29, 0.717) is 0 Å². The summed E-state index contributed by atoms with van der Waals surface area (Å²) in [6.07, 6.45) is 0. The average molecular weight is 848 g/mol. The average Bonchev–Trinajstić information content (AvgIpc) is 3.86. The summed E-state index contributed by atoms with van der Waals surface area (Å²) in [5.74, 6) is 0. The van der Waals surface area contributed by atoms with Crippen LogP contribution in [0.15, 0.2) is 206 Å². The van der Waals surface area contributed by atoms with Gasteiger partial charge in [-0.3, -0.25) is 0 Å². The monoisotopic (exact) mass is 846 g/mol. The van der Waals surface area contributed by atoms with E-state index in [0.717, 1.165) is 0 Å². The van der Waals surface area contributed by atoms with Crippen molar-refractivity contribution >= 4 is 0 Å². The fourth-order valence-electron chi connectivity index (χ4n) is 2.56. The van der Waals surface area contributed by atoms with Gasteiger partial charge in [-0.1, -0.05) is 35.4 Å². The van der Waals surface area contributed by atoms with Crippen molar-refractivity contribution in [3.63, 3.8) is 0 Å². The molecule has 0 nitrogen and oxygen atoms in total. The maximum atomic E-state index is 2.12. The van der Waals surface area contributed by atoms with Crippen LogP contribution in [0, 0.1) is 97.3 Å². The van der Waals surface area contributed by atoms with Crippen molar-refractivity contribution in [2.24, 2.45) is 0 Å². The van der Waals surface area contributed by atoms with Crippen molar-refractivity contribution < 1.29 is 108 Å². The van der Waals surface area contributed by atoms with Gasteiger partial charge in [0.25, 0.3) is 0 Å². The molecule has 7 aromatic rings. The van der Waals surface area contributed by atoms with E-state index in [1.807, 2.05) is 182 Å². The van der Waals surface area contributed by atoms with Gasteiger partial charge in [0.1, 0.15) is 0 Å². The quantitative estimate of drug-likeness (QED) is 0.194. The molecule has 0 atom stereocenters. The van der Waals surface area contributed by atoms with E-state index >= 15 is 0 Å². The molecule has 0 aliphatic carbocycles. The first-order valence-electron chi connectivity index (χ1n) is 12.8. The van der Waals surface area contributed by atoms with Crippen molar-refractivity contribution in [2.45, 2.75) is 13.8 Å². The third-order valence-corrected chi connectivity index (χ3v) is 4.55. The third-order valence-electron chi connectivity index (χ3n) is 4.55. The maximum absolute atomic E-state index is 2.12. The van der Waals surface area contributed by atoms with Crippen LogP contribution in [-0.4, -0.2) is 0 Å². The van der Waals surface area contributed by atoms with E-state index in [1.165, 1.54) is 11.1 Å². The van der Waals surface area contributed by atoms with E-state index in [2.05, 4.69) is 38.1 Å². The summed E-state index contributed by atoms with van der Waals surface area (Å²) >= 11 is 0. The Labute approximate surface area is 335 Å². The Hall–Kier alpha value is -1.35. The van der Waals surface area contributed by atoms with E-state index in [4.69, 9.17) is 0 Å². The molecule has 214 valence electrons. The topological polar surface area (TPSA) is 0 Å². The summed E-state index contributed by atoms with van der Waals surface area (Å²) < 4.78 is 0. The van der Waals surface area contributed by atoms with Gasteiger partial charge in [0, 0.05) is 0 Å². The molecule has 0 amide bonds. The number of rotatable bonds is 0. The number of hydrogen-bond donors (Lipinski definition) is 0. The molecule has 0 aromatic heterocycles. The molecule has 0 N–H and O–H groups in total. The number of halogens is 2. The first-order valence-corrected chi connectivity index (χ1v) is 12.8. The molecule has 0 heterocycles. The molecule has 7 aromatic carbocycles. The molecule has 7 rings (SSSR count). The second-order valence-electron chi connectivity index (χ2n) is 7.93. The molecule has 0 saturated carbocycles. The van der Waals surface area contributed by atoms with Crippen LogP contribution in [-0.2, 0) is 0 Å². The van der Waals surface area contributed by atoms with Gasteiger partial charge < -0.3 is 24.8 Å². The molecule has 4 heteroatoms. The molecule has 0 bridgehead atoms. The number of benzene rings is 1. The maximum Gasteiger partial charge on any atom is 4.00 e. The molecule has 0 aliphatic rings. The second kappa shape index (κ2) is 39.7. The van der Waals surface area contributed by atoms with Crippen LogP contribution in [0.3, 0.4) is 0 Å². The van der Waals surface area contributed by atoms with Crippen LogP contribution in [0.2, 0.25) is 0 Å². The van der Waals surface area contributed by atoms with Gasteiger partial charge in [-0.2, -0.15) is 109 Å². The van der Waals surface area contributed by atoms with Crippen molar-refractivity contribution in [1.82, 2.24) is 0 Å². The van der Waals surface area contributed by atoms with E-state index < -0.39 is 0 Å². The van der Waals surface area contributed by atoms with Crippen LogP contribution in [0.25, 0.3) is 0 Å². The van der Waals surface area contributed by atoms with Gasteiger partial charge >= 0.3 is 83.5 Å². The fourth-order valence-corrected chi connectivity index (χ4v) is 2.56. The molecule has 0 spiro atoms.